The van der Waals surface area contributed by atoms with Crippen molar-refractivity contribution < 1.29 is 23.9 Å². The normalized spacial score (nSPS) is 17.3. The van der Waals surface area contributed by atoms with Crippen molar-refractivity contribution in [2.24, 2.45) is 0 Å². The van der Waals surface area contributed by atoms with Gasteiger partial charge in [0.15, 0.2) is 10.9 Å². The molecule has 2 aromatic rings. The molecule has 2 heterocycles. The van der Waals surface area contributed by atoms with Crippen LogP contribution in [0.1, 0.15) is 21.5 Å². The first-order valence-electron chi connectivity index (χ1n) is 10.7. The Morgan fingerprint density at radius 3 is 2.56 bits per heavy atom. The number of hydrogen-bond acceptors (Lipinski definition) is 7. The molecule has 10 heteroatoms. The Kier molecular flexibility index (Phi) is 7.61. The SMILES string of the molecule is Cc1ccccc1C(=O)NN1C(=O)/C(=C\c2ccc(OCC(=O)N3CCOCC3)cc2)SC1=S. The van der Waals surface area contributed by atoms with Crippen molar-refractivity contribution >= 4 is 52.1 Å². The number of nitrogens with zero attached hydrogens (tertiary/aromatic N) is 2. The number of carbonyl (C=O) groups is 3. The molecule has 0 aliphatic carbocycles. The molecule has 1 N–H and O–H groups in total. The maximum atomic E-state index is 12.8. The van der Waals surface area contributed by atoms with Crippen molar-refractivity contribution in [3.05, 3.63) is 70.1 Å². The molecule has 2 aliphatic rings. The lowest BCUT2D eigenvalue weighted by molar-refractivity contribution is -0.137. The summed E-state index contributed by atoms with van der Waals surface area (Å²) in [6, 6.07) is 14.2. The quantitative estimate of drug-likeness (QED) is 0.485. The summed E-state index contributed by atoms with van der Waals surface area (Å²) >= 11 is 6.41. The highest BCUT2D eigenvalue weighted by Crippen LogP contribution is 2.31. The van der Waals surface area contributed by atoms with Gasteiger partial charge in [-0.25, -0.2) is 0 Å². The molecule has 0 bridgehead atoms. The zero-order chi connectivity index (χ0) is 24.1. The molecular formula is C24H23N3O5S2. The Bertz CT molecular complexity index is 1140. The van der Waals surface area contributed by atoms with Gasteiger partial charge in [0.1, 0.15) is 5.75 Å². The van der Waals surface area contributed by atoms with E-state index in [1.165, 1.54) is 0 Å². The Balaban J connectivity index is 1.35. The van der Waals surface area contributed by atoms with E-state index in [1.807, 2.05) is 19.1 Å². The zero-order valence-electron chi connectivity index (χ0n) is 18.5. The fourth-order valence-electron chi connectivity index (χ4n) is 3.41. The molecule has 0 spiro atoms. The second kappa shape index (κ2) is 10.8. The summed E-state index contributed by atoms with van der Waals surface area (Å²) in [5, 5.41) is 1.09. The van der Waals surface area contributed by atoms with E-state index in [2.05, 4.69) is 5.43 Å². The summed E-state index contributed by atoms with van der Waals surface area (Å²) in [4.78, 5) is 39.7. The first kappa shape index (κ1) is 23.9. The van der Waals surface area contributed by atoms with Gasteiger partial charge in [0.25, 0.3) is 17.7 Å². The van der Waals surface area contributed by atoms with Crippen molar-refractivity contribution in [3.63, 3.8) is 0 Å². The number of hydrazine groups is 1. The van der Waals surface area contributed by atoms with Crippen molar-refractivity contribution in [1.29, 1.82) is 0 Å². The van der Waals surface area contributed by atoms with Gasteiger partial charge in [-0.1, -0.05) is 42.1 Å². The van der Waals surface area contributed by atoms with Crippen LogP contribution in [0.15, 0.2) is 53.4 Å². The van der Waals surface area contributed by atoms with Crippen molar-refractivity contribution in [2.75, 3.05) is 32.9 Å². The Morgan fingerprint density at radius 2 is 1.85 bits per heavy atom. The highest BCUT2D eigenvalue weighted by molar-refractivity contribution is 8.26. The number of ether oxygens (including phenoxy) is 2. The van der Waals surface area contributed by atoms with Crippen LogP contribution >= 0.6 is 24.0 Å². The molecule has 3 amide bonds. The molecule has 8 nitrogen and oxygen atoms in total. The smallest absolute Gasteiger partial charge is 0.285 e. The number of thioether (sulfide) groups is 1. The minimum atomic E-state index is -0.399. The van der Waals surface area contributed by atoms with Crippen LogP contribution in [0.3, 0.4) is 0 Å². The third kappa shape index (κ3) is 5.64. The van der Waals surface area contributed by atoms with Crippen molar-refractivity contribution in [1.82, 2.24) is 15.3 Å². The summed E-state index contributed by atoms with van der Waals surface area (Å²) in [6.45, 7) is 4.02. The predicted octanol–water partition coefficient (Wildman–Crippen LogP) is 2.78. The van der Waals surface area contributed by atoms with Gasteiger partial charge >= 0.3 is 0 Å². The maximum absolute atomic E-state index is 12.8. The minimum absolute atomic E-state index is 0.0431. The molecule has 2 aromatic carbocycles. The topological polar surface area (TPSA) is 88.2 Å². The molecule has 0 aromatic heterocycles. The van der Waals surface area contributed by atoms with E-state index in [0.29, 0.717) is 42.5 Å². The standard InChI is InChI=1S/C24H23N3O5S2/c1-16-4-2-3-5-19(16)22(29)25-27-23(30)20(34-24(27)33)14-17-6-8-18(9-7-17)32-15-21(28)26-10-12-31-13-11-26/h2-9,14H,10-13,15H2,1H3,(H,25,29)/b20-14+. The number of carbonyl (C=O) groups excluding carboxylic acids is 3. The molecule has 2 aliphatic heterocycles. The second-order valence-corrected chi connectivity index (χ2v) is 9.30. The first-order valence-corrected chi connectivity index (χ1v) is 11.9. The van der Waals surface area contributed by atoms with E-state index in [4.69, 9.17) is 21.7 Å². The van der Waals surface area contributed by atoms with Gasteiger partial charge in [-0.3, -0.25) is 19.8 Å². The monoisotopic (exact) mass is 497 g/mol. The van der Waals surface area contributed by atoms with Crippen LogP contribution in [0.4, 0.5) is 0 Å². The molecule has 2 fully saturated rings. The van der Waals surface area contributed by atoms with Crippen LogP contribution in [0.2, 0.25) is 0 Å². The number of benzene rings is 2. The maximum Gasteiger partial charge on any atom is 0.285 e. The summed E-state index contributed by atoms with van der Waals surface area (Å²) < 4.78 is 11.1. The van der Waals surface area contributed by atoms with Crippen LogP contribution in [-0.2, 0) is 14.3 Å². The summed E-state index contributed by atoms with van der Waals surface area (Å²) in [5.74, 6) is -0.322. The Morgan fingerprint density at radius 1 is 1.15 bits per heavy atom. The van der Waals surface area contributed by atoms with Gasteiger partial charge in [0.05, 0.1) is 18.1 Å². The van der Waals surface area contributed by atoms with E-state index in [1.54, 1.807) is 47.4 Å². The van der Waals surface area contributed by atoms with Gasteiger partial charge in [-0.05, 0) is 54.5 Å². The second-order valence-electron chi connectivity index (χ2n) is 7.62. The molecule has 2 saturated heterocycles. The van der Waals surface area contributed by atoms with E-state index >= 15 is 0 Å². The van der Waals surface area contributed by atoms with Crippen molar-refractivity contribution in [3.8, 4) is 5.75 Å². The minimum Gasteiger partial charge on any atom is -0.484 e. The molecule has 0 atom stereocenters. The summed E-state index contributed by atoms with van der Waals surface area (Å²) in [6.07, 6.45) is 1.70. The molecular weight excluding hydrogens is 474 g/mol. The van der Waals surface area contributed by atoms with Crippen LogP contribution in [-0.4, -0.2) is 64.9 Å². The number of nitrogens with one attached hydrogen (secondary N) is 1. The van der Waals surface area contributed by atoms with Gasteiger partial charge in [0.2, 0.25) is 0 Å². The highest BCUT2D eigenvalue weighted by Gasteiger charge is 2.34. The van der Waals surface area contributed by atoms with E-state index < -0.39 is 11.8 Å². The van der Waals surface area contributed by atoms with Gasteiger partial charge in [-0.2, -0.15) is 5.01 Å². The molecule has 0 radical (unpaired) electrons. The summed E-state index contributed by atoms with van der Waals surface area (Å²) in [5.41, 5.74) is 4.63. The average molecular weight is 498 g/mol. The predicted molar refractivity (Wildman–Crippen MR) is 133 cm³/mol. The lowest BCUT2D eigenvalue weighted by Gasteiger charge is -2.26. The van der Waals surface area contributed by atoms with Crippen LogP contribution in [0.5, 0.6) is 5.75 Å². The highest BCUT2D eigenvalue weighted by atomic mass is 32.2. The number of hydrogen-bond donors (Lipinski definition) is 1. The van der Waals surface area contributed by atoms with E-state index in [9.17, 15) is 14.4 Å². The molecule has 176 valence electrons. The van der Waals surface area contributed by atoms with Gasteiger partial charge < -0.3 is 14.4 Å². The lowest BCUT2D eigenvalue weighted by Crippen LogP contribution is -2.45. The number of aryl methyl sites for hydroxylation is 1. The number of thiocarbonyl (C=S) groups is 1. The van der Waals surface area contributed by atoms with E-state index in [-0.39, 0.29) is 16.8 Å². The fourth-order valence-corrected chi connectivity index (χ4v) is 4.59. The van der Waals surface area contributed by atoms with Crippen molar-refractivity contribution in [2.45, 2.75) is 6.92 Å². The zero-order valence-corrected chi connectivity index (χ0v) is 20.1. The molecule has 0 unspecified atom stereocenters. The fraction of sp³-hybridized carbons (Fsp3) is 0.250. The van der Waals surface area contributed by atoms with E-state index in [0.717, 1.165) is 27.9 Å². The molecule has 4 rings (SSSR count). The number of morpholine rings is 1. The first-order chi connectivity index (χ1) is 16.4. The third-order valence-electron chi connectivity index (χ3n) is 5.30. The number of rotatable bonds is 6. The number of amides is 3. The molecule has 0 saturated carbocycles. The van der Waals surface area contributed by atoms with Gasteiger partial charge in [0, 0.05) is 18.7 Å². The average Bonchev–Trinajstić information content (AvgIpc) is 3.11. The Hall–Kier alpha value is -3.21. The van der Waals surface area contributed by atoms with Crippen LogP contribution in [0.25, 0.3) is 6.08 Å². The van der Waals surface area contributed by atoms with Crippen LogP contribution < -0.4 is 10.2 Å². The largest absolute Gasteiger partial charge is 0.484 e. The summed E-state index contributed by atoms with van der Waals surface area (Å²) in [7, 11) is 0. The van der Waals surface area contributed by atoms with Gasteiger partial charge in [-0.15, -0.1) is 0 Å². The lowest BCUT2D eigenvalue weighted by atomic mass is 10.1. The Labute approximate surface area is 206 Å². The third-order valence-corrected chi connectivity index (χ3v) is 6.60. The van der Waals surface area contributed by atoms with Crippen LogP contribution in [0, 0.1) is 6.92 Å². The molecule has 34 heavy (non-hydrogen) atoms.